The van der Waals surface area contributed by atoms with E-state index in [0.717, 1.165) is 24.9 Å². The highest BCUT2D eigenvalue weighted by atomic mass is 16.5. The highest BCUT2D eigenvalue weighted by molar-refractivity contribution is 5.74. The summed E-state index contributed by atoms with van der Waals surface area (Å²) >= 11 is 0. The van der Waals surface area contributed by atoms with Gasteiger partial charge in [0, 0.05) is 32.2 Å². The largest absolute Gasteiger partial charge is 0.375 e. The Kier molecular flexibility index (Phi) is 5.33. The number of benzene rings is 1. The predicted molar refractivity (Wildman–Crippen MR) is 91.8 cm³/mol. The van der Waals surface area contributed by atoms with Crippen LogP contribution in [0.4, 0.5) is 4.79 Å². The predicted octanol–water partition coefficient (Wildman–Crippen LogP) is 2.48. The number of piperidine rings is 1. The van der Waals surface area contributed by atoms with Crippen LogP contribution in [0.2, 0.25) is 0 Å². The summed E-state index contributed by atoms with van der Waals surface area (Å²) in [5.74, 6) is 1.10. The Balaban J connectivity index is 1.62. The minimum Gasteiger partial charge on any atom is -0.375 e. The SMILES string of the molecule is COCc1nc(C2(C)CCCN(C(=O)NCc3ccccc3)C2)no1. The first kappa shape index (κ1) is 17.4. The van der Waals surface area contributed by atoms with Gasteiger partial charge in [-0.2, -0.15) is 4.98 Å². The van der Waals surface area contributed by atoms with Crippen LogP contribution in [0.15, 0.2) is 34.9 Å². The van der Waals surface area contributed by atoms with Crippen LogP contribution in [0.25, 0.3) is 0 Å². The molecule has 7 heteroatoms. The molecule has 2 amide bonds. The maximum Gasteiger partial charge on any atom is 0.317 e. The van der Waals surface area contributed by atoms with Crippen molar-refractivity contribution in [3.05, 3.63) is 47.6 Å². The van der Waals surface area contributed by atoms with Crippen LogP contribution in [-0.4, -0.2) is 41.3 Å². The van der Waals surface area contributed by atoms with Crippen molar-refractivity contribution in [1.82, 2.24) is 20.4 Å². The van der Waals surface area contributed by atoms with Crippen molar-refractivity contribution in [3.8, 4) is 0 Å². The van der Waals surface area contributed by atoms with Crippen LogP contribution in [0.5, 0.6) is 0 Å². The van der Waals surface area contributed by atoms with Crippen LogP contribution in [0.3, 0.4) is 0 Å². The monoisotopic (exact) mass is 344 g/mol. The minimum absolute atomic E-state index is 0.0598. The smallest absolute Gasteiger partial charge is 0.317 e. The fraction of sp³-hybridized carbons (Fsp3) is 0.500. The molecule has 25 heavy (non-hydrogen) atoms. The summed E-state index contributed by atoms with van der Waals surface area (Å²) in [4.78, 5) is 18.8. The molecule has 1 aromatic heterocycles. The number of nitrogens with zero attached hydrogens (tertiary/aromatic N) is 3. The van der Waals surface area contributed by atoms with Gasteiger partial charge in [-0.15, -0.1) is 0 Å². The average molecular weight is 344 g/mol. The number of carbonyl (C=O) groups excluding carboxylic acids is 1. The Bertz CT molecular complexity index is 703. The van der Waals surface area contributed by atoms with E-state index >= 15 is 0 Å². The third-order valence-electron chi connectivity index (χ3n) is 4.55. The molecule has 1 N–H and O–H groups in total. The van der Waals surface area contributed by atoms with E-state index < -0.39 is 0 Å². The number of aromatic nitrogens is 2. The number of hydrogen-bond donors (Lipinski definition) is 1. The third-order valence-corrected chi connectivity index (χ3v) is 4.55. The van der Waals surface area contributed by atoms with Gasteiger partial charge in [0.2, 0.25) is 0 Å². The number of hydrogen-bond acceptors (Lipinski definition) is 5. The fourth-order valence-electron chi connectivity index (χ4n) is 3.16. The van der Waals surface area contributed by atoms with Gasteiger partial charge in [-0.05, 0) is 18.4 Å². The van der Waals surface area contributed by atoms with Crippen LogP contribution < -0.4 is 5.32 Å². The Morgan fingerprint density at radius 2 is 2.20 bits per heavy atom. The Morgan fingerprint density at radius 1 is 1.40 bits per heavy atom. The lowest BCUT2D eigenvalue weighted by Gasteiger charge is -2.38. The van der Waals surface area contributed by atoms with E-state index in [1.54, 1.807) is 7.11 Å². The van der Waals surface area contributed by atoms with Gasteiger partial charge in [0.05, 0.1) is 0 Å². The number of rotatable bonds is 5. The summed E-state index contributed by atoms with van der Waals surface area (Å²) in [6.07, 6.45) is 1.82. The number of amides is 2. The van der Waals surface area contributed by atoms with Crippen molar-refractivity contribution in [2.75, 3.05) is 20.2 Å². The number of urea groups is 1. The molecule has 1 saturated heterocycles. The number of carbonyl (C=O) groups is 1. The highest BCUT2D eigenvalue weighted by Crippen LogP contribution is 2.32. The second kappa shape index (κ2) is 7.65. The summed E-state index contributed by atoms with van der Waals surface area (Å²) in [5, 5.41) is 7.08. The van der Waals surface area contributed by atoms with Crippen LogP contribution in [0.1, 0.15) is 37.0 Å². The Hall–Kier alpha value is -2.41. The molecule has 7 nitrogen and oxygen atoms in total. The van der Waals surface area contributed by atoms with Crippen molar-refractivity contribution >= 4 is 6.03 Å². The molecule has 2 heterocycles. The number of ether oxygens (including phenoxy) is 1. The first-order chi connectivity index (χ1) is 12.1. The van der Waals surface area contributed by atoms with E-state index in [9.17, 15) is 4.79 Å². The molecule has 3 rings (SSSR count). The summed E-state index contributed by atoms with van der Waals surface area (Å²) in [6.45, 7) is 4.20. The molecular weight excluding hydrogens is 320 g/mol. The van der Waals surface area contributed by atoms with Gasteiger partial charge in [0.15, 0.2) is 5.82 Å². The molecule has 0 radical (unpaired) electrons. The fourth-order valence-corrected chi connectivity index (χ4v) is 3.16. The standard InChI is InChI=1S/C18H24N4O3/c1-18(16-20-15(12-24-2)25-21-16)9-6-10-22(13-18)17(23)19-11-14-7-4-3-5-8-14/h3-5,7-8H,6,9-13H2,1-2H3,(H,19,23). The van der Waals surface area contributed by atoms with E-state index in [1.807, 2.05) is 35.2 Å². The van der Waals surface area contributed by atoms with Crippen LogP contribution in [-0.2, 0) is 23.3 Å². The van der Waals surface area contributed by atoms with Crippen molar-refractivity contribution in [3.63, 3.8) is 0 Å². The zero-order valence-corrected chi connectivity index (χ0v) is 14.7. The second-order valence-electron chi connectivity index (χ2n) is 6.67. The summed E-state index contributed by atoms with van der Waals surface area (Å²) < 4.78 is 10.2. The molecule has 1 fully saturated rings. The molecule has 1 aliphatic heterocycles. The van der Waals surface area contributed by atoms with Gasteiger partial charge in [-0.3, -0.25) is 0 Å². The number of likely N-dealkylation sites (tertiary alicyclic amines) is 1. The average Bonchev–Trinajstić information content (AvgIpc) is 3.10. The zero-order valence-electron chi connectivity index (χ0n) is 14.7. The molecule has 0 saturated carbocycles. The van der Waals surface area contributed by atoms with E-state index in [-0.39, 0.29) is 11.4 Å². The maximum absolute atomic E-state index is 12.5. The van der Waals surface area contributed by atoms with E-state index in [0.29, 0.717) is 31.4 Å². The Labute approximate surface area is 147 Å². The van der Waals surface area contributed by atoms with E-state index in [2.05, 4.69) is 22.4 Å². The molecule has 2 aromatic rings. The first-order valence-electron chi connectivity index (χ1n) is 8.49. The van der Waals surface area contributed by atoms with E-state index in [1.165, 1.54) is 0 Å². The first-order valence-corrected chi connectivity index (χ1v) is 8.49. The quantitative estimate of drug-likeness (QED) is 0.901. The lowest BCUT2D eigenvalue weighted by atomic mass is 9.81. The minimum atomic E-state index is -0.308. The molecule has 1 aromatic carbocycles. The van der Waals surface area contributed by atoms with Gasteiger partial charge in [-0.25, -0.2) is 4.79 Å². The molecule has 0 spiro atoms. The van der Waals surface area contributed by atoms with E-state index in [4.69, 9.17) is 9.26 Å². The molecule has 1 unspecified atom stereocenters. The summed E-state index contributed by atoms with van der Waals surface area (Å²) in [7, 11) is 1.59. The van der Waals surface area contributed by atoms with Crippen LogP contribution >= 0.6 is 0 Å². The Morgan fingerprint density at radius 3 is 2.96 bits per heavy atom. The van der Waals surface area contributed by atoms with Crippen molar-refractivity contribution in [2.24, 2.45) is 0 Å². The summed E-state index contributed by atoms with van der Waals surface area (Å²) in [6, 6.07) is 9.83. The number of methoxy groups -OCH3 is 1. The topological polar surface area (TPSA) is 80.5 Å². The molecule has 1 atom stereocenters. The molecular formula is C18H24N4O3. The van der Waals surface area contributed by atoms with Gasteiger partial charge in [0.25, 0.3) is 5.89 Å². The number of nitrogens with one attached hydrogen (secondary N) is 1. The van der Waals surface area contributed by atoms with Gasteiger partial charge < -0.3 is 19.5 Å². The second-order valence-corrected chi connectivity index (χ2v) is 6.67. The van der Waals surface area contributed by atoms with Gasteiger partial charge in [0.1, 0.15) is 6.61 Å². The maximum atomic E-state index is 12.5. The van der Waals surface area contributed by atoms with Gasteiger partial charge in [-0.1, -0.05) is 42.4 Å². The van der Waals surface area contributed by atoms with Crippen LogP contribution in [0, 0.1) is 0 Å². The normalized spacial score (nSPS) is 20.5. The third kappa shape index (κ3) is 4.17. The van der Waals surface area contributed by atoms with Gasteiger partial charge >= 0.3 is 6.03 Å². The summed E-state index contributed by atoms with van der Waals surface area (Å²) in [5.41, 5.74) is 0.774. The lowest BCUT2D eigenvalue weighted by Crippen LogP contribution is -2.50. The molecule has 134 valence electrons. The molecule has 0 bridgehead atoms. The highest BCUT2D eigenvalue weighted by Gasteiger charge is 2.38. The van der Waals surface area contributed by atoms with Crippen molar-refractivity contribution in [1.29, 1.82) is 0 Å². The zero-order chi connectivity index (χ0) is 17.7. The lowest BCUT2D eigenvalue weighted by molar-refractivity contribution is 0.148. The van der Waals surface area contributed by atoms with Crippen molar-refractivity contribution < 1.29 is 14.1 Å². The molecule has 0 aliphatic carbocycles. The molecule has 1 aliphatic rings. The van der Waals surface area contributed by atoms with Crippen molar-refractivity contribution in [2.45, 2.75) is 38.3 Å².